The third-order valence-corrected chi connectivity index (χ3v) is 6.42. The summed E-state index contributed by atoms with van der Waals surface area (Å²) in [6.45, 7) is 5.84. The predicted molar refractivity (Wildman–Crippen MR) is 134 cm³/mol. The first kappa shape index (κ1) is 24.3. The van der Waals surface area contributed by atoms with E-state index in [0.717, 1.165) is 17.3 Å². The Kier molecular flexibility index (Phi) is 7.11. The Morgan fingerprint density at radius 1 is 1.09 bits per heavy atom. The number of fused-ring (bicyclic) bond motifs is 1. The first-order valence-corrected chi connectivity index (χ1v) is 12.0. The van der Waals surface area contributed by atoms with Crippen molar-refractivity contribution < 1.29 is 14.0 Å². The van der Waals surface area contributed by atoms with Crippen LogP contribution in [0.3, 0.4) is 0 Å². The van der Waals surface area contributed by atoms with Crippen molar-refractivity contribution >= 4 is 40.2 Å². The Balaban J connectivity index is 1.62. The van der Waals surface area contributed by atoms with Gasteiger partial charge in [-0.2, -0.15) is 5.10 Å². The minimum Gasteiger partial charge on any atom is -0.325 e. The van der Waals surface area contributed by atoms with Gasteiger partial charge < -0.3 is 5.32 Å². The second kappa shape index (κ2) is 10.2. The zero-order chi connectivity index (χ0) is 25.1. The van der Waals surface area contributed by atoms with Crippen molar-refractivity contribution in [3.63, 3.8) is 0 Å². The summed E-state index contributed by atoms with van der Waals surface area (Å²) in [6, 6.07) is 12.5. The number of thioether (sulfide) groups is 1. The molecule has 35 heavy (non-hydrogen) atoms. The highest BCUT2D eigenvalue weighted by atomic mass is 32.2. The smallest absolute Gasteiger partial charge is 0.280 e. The summed E-state index contributed by atoms with van der Waals surface area (Å²) < 4.78 is 16.5. The van der Waals surface area contributed by atoms with Crippen LogP contribution in [0.5, 0.6) is 0 Å². The van der Waals surface area contributed by atoms with Gasteiger partial charge in [-0.3, -0.25) is 23.6 Å². The van der Waals surface area contributed by atoms with Crippen molar-refractivity contribution in [2.45, 2.75) is 39.0 Å². The van der Waals surface area contributed by atoms with Crippen molar-refractivity contribution in [3.8, 4) is 0 Å². The van der Waals surface area contributed by atoms with Crippen LogP contribution in [0.4, 0.5) is 10.1 Å². The van der Waals surface area contributed by atoms with E-state index in [1.807, 2.05) is 6.92 Å². The molecule has 0 aliphatic heterocycles. The van der Waals surface area contributed by atoms with Gasteiger partial charge in [0.15, 0.2) is 16.5 Å². The van der Waals surface area contributed by atoms with Crippen LogP contribution in [-0.2, 0) is 17.9 Å². The van der Waals surface area contributed by atoms with Crippen LogP contribution in [0, 0.1) is 12.7 Å². The summed E-state index contributed by atoms with van der Waals surface area (Å²) >= 11 is 1.13. The van der Waals surface area contributed by atoms with Crippen LogP contribution in [0.2, 0.25) is 0 Å². The summed E-state index contributed by atoms with van der Waals surface area (Å²) in [6.07, 6.45) is 0. The topological polar surface area (TPSA) is 98.9 Å². The molecular formula is C25H24FN5O3S. The van der Waals surface area contributed by atoms with Crippen LogP contribution in [0.1, 0.15) is 35.5 Å². The van der Waals surface area contributed by atoms with E-state index in [9.17, 15) is 18.8 Å². The number of amides is 1. The molecule has 0 aliphatic carbocycles. The molecule has 10 heteroatoms. The lowest BCUT2D eigenvalue weighted by atomic mass is 10.1. The fraction of sp³-hybridized carbons (Fsp3) is 0.240. The molecule has 0 radical (unpaired) electrons. The number of Topliss-reactive ketones (excluding diaryl/α,β-unsaturated/α-hetero) is 1. The fourth-order valence-electron chi connectivity index (χ4n) is 3.65. The van der Waals surface area contributed by atoms with E-state index >= 15 is 0 Å². The number of rotatable bonds is 8. The Morgan fingerprint density at radius 2 is 1.77 bits per heavy atom. The average molecular weight is 494 g/mol. The highest BCUT2D eigenvalue weighted by molar-refractivity contribution is 7.99. The van der Waals surface area contributed by atoms with E-state index in [-0.39, 0.29) is 35.4 Å². The molecule has 0 spiro atoms. The number of carbonyl (C=O) groups excluding carboxylic acids is 2. The molecule has 8 nitrogen and oxygen atoms in total. The van der Waals surface area contributed by atoms with Crippen LogP contribution in [-0.4, -0.2) is 36.8 Å². The van der Waals surface area contributed by atoms with Gasteiger partial charge in [0.1, 0.15) is 11.3 Å². The number of benzene rings is 2. The zero-order valence-electron chi connectivity index (χ0n) is 19.5. The number of aryl methyl sites for hydroxylation is 2. The summed E-state index contributed by atoms with van der Waals surface area (Å²) in [5, 5.41) is 7.57. The quantitative estimate of drug-likeness (QED) is 0.226. The highest BCUT2D eigenvalue weighted by Gasteiger charge is 2.19. The molecule has 0 unspecified atom stereocenters. The molecule has 2 aromatic heterocycles. The Morgan fingerprint density at radius 3 is 2.40 bits per heavy atom. The van der Waals surface area contributed by atoms with Gasteiger partial charge in [0.2, 0.25) is 5.91 Å². The maximum Gasteiger partial charge on any atom is 0.280 e. The second-order valence-electron chi connectivity index (χ2n) is 7.98. The van der Waals surface area contributed by atoms with E-state index in [1.165, 1.54) is 23.6 Å². The van der Waals surface area contributed by atoms with E-state index in [4.69, 9.17) is 0 Å². The standard InChI is InChI=1S/C25H24FN5O3S/c1-4-31-23-22(15(2)29-31)28-25(30(24(23)34)13-17-5-9-19(26)10-6-17)35-14-21(33)27-20-11-7-18(8-12-20)16(3)32/h5-12H,4,13-14H2,1-3H3,(H,27,33). The first-order valence-electron chi connectivity index (χ1n) is 11.0. The van der Waals surface area contributed by atoms with Crippen molar-refractivity contribution in [2.24, 2.45) is 0 Å². The van der Waals surface area contributed by atoms with E-state index in [0.29, 0.717) is 39.7 Å². The van der Waals surface area contributed by atoms with Crippen molar-refractivity contribution in [1.29, 1.82) is 0 Å². The minimum absolute atomic E-state index is 0.0107. The molecule has 1 amide bonds. The van der Waals surface area contributed by atoms with Gasteiger partial charge in [0.25, 0.3) is 5.56 Å². The number of aromatic nitrogens is 4. The number of nitrogens with zero attached hydrogens (tertiary/aromatic N) is 4. The monoisotopic (exact) mass is 493 g/mol. The summed E-state index contributed by atoms with van der Waals surface area (Å²) in [5.41, 5.74) is 3.09. The largest absolute Gasteiger partial charge is 0.325 e. The molecule has 0 aliphatic rings. The third kappa shape index (κ3) is 5.32. The van der Waals surface area contributed by atoms with Crippen molar-refractivity contribution in [3.05, 3.63) is 81.5 Å². The second-order valence-corrected chi connectivity index (χ2v) is 8.92. The maximum atomic E-state index is 13.5. The zero-order valence-corrected chi connectivity index (χ0v) is 20.4. The average Bonchev–Trinajstić information content (AvgIpc) is 3.17. The number of nitrogens with one attached hydrogen (secondary N) is 1. The number of ketones is 1. The lowest BCUT2D eigenvalue weighted by molar-refractivity contribution is -0.113. The summed E-state index contributed by atoms with van der Waals surface area (Å²) in [7, 11) is 0. The maximum absolute atomic E-state index is 13.5. The molecule has 0 atom stereocenters. The third-order valence-electron chi connectivity index (χ3n) is 5.44. The van der Waals surface area contributed by atoms with Gasteiger partial charge in [-0.15, -0.1) is 0 Å². The lowest BCUT2D eigenvalue weighted by Crippen LogP contribution is -2.26. The van der Waals surface area contributed by atoms with Crippen molar-refractivity contribution in [1.82, 2.24) is 19.3 Å². The first-order chi connectivity index (χ1) is 16.8. The van der Waals surface area contributed by atoms with Crippen LogP contribution < -0.4 is 10.9 Å². The fourth-order valence-corrected chi connectivity index (χ4v) is 4.45. The Labute approximate surface area is 205 Å². The molecule has 0 bridgehead atoms. The Bertz CT molecular complexity index is 1460. The molecule has 180 valence electrons. The van der Waals surface area contributed by atoms with Gasteiger partial charge in [-0.05, 0) is 62.7 Å². The highest BCUT2D eigenvalue weighted by Crippen LogP contribution is 2.22. The SMILES string of the molecule is CCn1nc(C)c2nc(SCC(=O)Nc3ccc(C(C)=O)cc3)n(Cc3ccc(F)cc3)c(=O)c21. The molecule has 0 saturated heterocycles. The summed E-state index contributed by atoms with van der Waals surface area (Å²) in [4.78, 5) is 42.2. The molecule has 4 aromatic rings. The predicted octanol–water partition coefficient (Wildman–Crippen LogP) is 4.04. The normalized spacial score (nSPS) is 11.1. The number of halogens is 1. The molecule has 1 N–H and O–H groups in total. The molecule has 2 aromatic carbocycles. The van der Waals surface area contributed by atoms with Gasteiger partial charge in [-0.25, -0.2) is 9.37 Å². The van der Waals surface area contributed by atoms with E-state index in [1.54, 1.807) is 48.0 Å². The van der Waals surface area contributed by atoms with E-state index < -0.39 is 0 Å². The van der Waals surface area contributed by atoms with Gasteiger partial charge in [0.05, 0.1) is 18.0 Å². The van der Waals surface area contributed by atoms with Crippen LogP contribution in [0.25, 0.3) is 11.0 Å². The van der Waals surface area contributed by atoms with Gasteiger partial charge in [-0.1, -0.05) is 23.9 Å². The van der Waals surface area contributed by atoms with Crippen molar-refractivity contribution in [2.75, 3.05) is 11.1 Å². The molecule has 0 fully saturated rings. The Hall–Kier alpha value is -3.79. The summed E-state index contributed by atoms with van der Waals surface area (Å²) in [5.74, 6) is -0.691. The number of carbonyl (C=O) groups is 2. The van der Waals surface area contributed by atoms with E-state index in [2.05, 4.69) is 15.4 Å². The molecular weight excluding hydrogens is 469 g/mol. The van der Waals surface area contributed by atoms with Crippen LogP contribution in [0.15, 0.2) is 58.5 Å². The van der Waals surface area contributed by atoms with Gasteiger partial charge in [0, 0.05) is 17.8 Å². The molecule has 4 rings (SSSR count). The molecule has 0 saturated carbocycles. The minimum atomic E-state index is -0.364. The van der Waals surface area contributed by atoms with Crippen LogP contribution >= 0.6 is 11.8 Å². The number of hydrogen-bond acceptors (Lipinski definition) is 6. The number of hydrogen-bond donors (Lipinski definition) is 1. The lowest BCUT2D eigenvalue weighted by Gasteiger charge is -2.13. The number of anilines is 1. The molecule has 2 heterocycles. The van der Waals surface area contributed by atoms with Gasteiger partial charge >= 0.3 is 0 Å².